The Kier molecular flexibility index (Phi) is 7.85. The maximum Gasteiger partial charge on any atom is 0.318 e. The van der Waals surface area contributed by atoms with E-state index < -0.39 is 0 Å². The zero-order valence-corrected chi connectivity index (χ0v) is 13.0. The summed E-state index contributed by atoms with van der Waals surface area (Å²) in [6.07, 6.45) is 3.21. The van der Waals surface area contributed by atoms with Crippen LogP contribution in [0.25, 0.3) is 0 Å². The number of aromatic nitrogens is 2. The molecule has 0 aliphatic rings. The van der Waals surface area contributed by atoms with Crippen LogP contribution in [-0.2, 0) is 11.3 Å². The van der Waals surface area contributed by atoms with Gasteiger partial charge in [-0.1, -0.05) is 5.10 Å². The van der Waals surface area contributed by atoms with Gasteiger partial charge in [-0.2, -0.15) is 11.8 Å². The zero-order valence-electron chi connectivity index (χ0n) is 12.2. The molecular formula is C12H24N4O2S. The highest BCUT2D eigenvalue weighted by Gasteiger charge is 2.15. The summed E-state index contributed by atoms with van der Waals surface area (Å²) >= 11 is 1.85. The summed E-state index contributed by atoms with van der Waals surface area (Å²) < 4.78 is 10.6. The van der Waals surface area contributed by atoms with E-state index in [9.17, 15) is 0 Å². The fourth-order valence-electron chi connectivity index (χ4n) is 1.50. The minimum atomic E-state index is 0.391. The van der Waals surface area contributed by atoms with Gasteiger partial charge in [0.1, 0.15) is 0 Å². The third-order valence-electron chi connectivity index (χ3n) is 2.92. The zero-order chi connectivity index (χ0) is 14.1. The molecule has 0 amide bonds. The number of rotatable bonds is 10. The van der Waals surface area contributed by atoms with Gasteiger partial charge < -0.3 is 19.4 Å². The molecule has 1 heterocycles. The minimum Gasteiger partial charge on any atom is -0.407 e. The Morgan fingerprint density at radius 1 is 1.47 bits per heavy atom. The fourth-order valence-corrected chi connectivity index (χ4v) is 2.08. The Morgan fingerprint density at radius 3 is 2.95 bits per heavy atom. The molecule has 1 unspecified atom stereocenters. The van der Waals surface area contributed by atoms with Crippen molar-refractivity contribution >= 4 is 17.8 Å². The molecule has 1 N–H and O–H groups in total. The maximum atomic E-state index is 5.62. The third kappa shape index (κ3) is 5.80. The van der Waals surface area contributed by atoms with Crippen LogP contribution in [0.1, 0.15) is 19.2 Å². The SMILES string of the molecule is COCCNCc1nnc(N(C)C(C)CCSC)o1. The van der Waals surface area contributed by atoms with Crippen LogP contribution in [-0.4, -0.2) is 55.6 Å². The number of nitrogens with one attached hydrogen (secondary N) is 1. The normalized spacial score (nSPS) is 12.6. The van der Waals surface area contributed by atoms with E-state index in [4.69, 9.17) is 9.15 Å². The van der Waals surface area contributed by atoms with Crippen LogP contribution in [0.3, 0.4) is 0 Å². The smallest absolute Gasteiger partial charge is 0.318 e. The minimum absolute atomic E-state index is 0.391. The Labute approximate surface area is 119 Å². The lowest BCUT2D eigenvalue weighted by Gasteiger charge is -2.22. The van der Waals surface area contributed by atoms with E-state index in [-0.39, 0.29) is 0 Å². The first-order valence-electron chi connectivity index (χ1n) is 6.42. The second kappa shape index (κ2) is 9.17. The number of anilines is 1. The summed E-state index contributed by atoms with van der Waals surface area (Å²) in [5.74, 6) is 1.74. The van der Waals surface area contributed by atoms with Crippen molar-refractivity contribution in [3.8, 4) is 0 Å². The largest absolute Gasteiger partial charge is 0.407 e. The number of methoxy groups -OCH3 is 1. The summed E-state index contributed by atoms with van der Waals surface area (Å²) in [4.78, 5) is 2.03. The predicted octanol–water partition coefficient (Wildman–Crippen LogP) is 1.38. The van der Waals surface area contributed by atoms with Crippen LogP contribution in [0.2, 0.25) is 0 Å². The van der Waals surface area contributed by atoms with Gasteiger partial charge in [-0.15, -0.1) is 5.10 Å². The summed E-state index contributed by atoms with van der Waals surface area (Å²) in [5.41, 5.74) is 0. The lowest BCUT2D eigenvalue weighted by Crippen LogP contribution is -2.29. The Morgan fingerprint density at radius 2 is 2.26 bits per heavy atom. The highest BCUT2D eigenvalue weighted by atomic mass is 32.2. The van der Waals surface area contributed by atoms with Crippen molar-refractivity contribution in [3.63, 3.8) is 0 Å². The number of hydrogen-bond acceptors (Lipinski definition) is 7. The quantitative estimate of drug-likeness (QED) is 0.653. The fraction of sp³-hybridized carbons (Fsp3) is 0.833. The first-order valence-corrected chi connectivity index (χ1v) is 7.82. The van der Waals surface area contributed by atoms with Gasteiger partial charge in [-0.3, -0.25) is 0 Å². The summed E-state index contributed by atoms with van der Waals surface area (Å²) in [6, 6.07) is 0.972. The molecule has 0 saturated heterocycles. The van der Waals surface area contributed by atoms with Crippen molar-refractivity contribution in [3.05, 3.63) is 5.89 Å². The predicted molar refractivity (Wildman–Crippen MR) is 78.7 cm³/mol. The standard InChI is InChI=1S/C12H24N4O2S/c1-10(5-8-19-4)16(2)12-15-14-11(18-12)9-13-6-7-17-3/h10,13H,5-9H2,1-4H3. The second-order valence-corrected chi connectivity index (χ2v) is 5.37. The Hall–Kier alpha value is -0.790. The average Bonchev–Trinajstić information content (AvgIpc) is 2.89. The molecule has 1 atom stereocenters. The summed E-state index contributed by atoms with van der Waals surface area (Å²) in [5, 5.41) is 11.3. The summed E-state index contributed by atoms with van der Waals surface area (Å²) in [6.45, 7) is 4.18. The Balaban J connectivity index is 2.39. The first kappa shape index (κ1) is 16.3. The molecule has 1 aromatic rings. The van der Waals surface area contributed by atoms with Gasteiger partial charge in [-0.25, -0.2) is 0 Å². The second-order valence-electron chi connectivity index (χ2n) is 4.39. The first-order chi connectivity index (χ1) is 9.19. The number of nitrogens with zero attached hydrogens (tertiary/aromatic N) is 3. The summed E-state index contributed by atoms with van der Waals surface area (Å²) in [7, 11) is 3.66. The van der Waals surface area contributed by atoms with E-state index in [2.05, 4.69) is 28.7 Å². The van der Waals surface area contributed by atoms with Crippen molar-refractivity contribution in [1.29, 1.82) is 0 Å². The van der Waals surface area contributed by atoms with Gasteiger partial charge in [0.05, 0.1) is 13.2 Å². The van der Waals surface area contributed by atoms with E-state index in [1.165, 1.54) is 0 Å². The van der Waals surface area contributed by atoms with Crippen molar-refractivity contribution in [2.45, 2.75) is 25.9 Å². The molecule has 0 bridgehead atoms. The van der Waals surface area contributed by atoms with Gasteiger partial charge >= 0.3 is 6.01 Å². The molecule has 0 saturated carbocycles. The molecule has 0 fully saturated rings. The van der Waals surface area contributed by atoms with Crippen LogP contribution in [0.5, 0.6) is 0 Å². The molecule has 6 nitrogen and oxygen atoms in total. The molecule has 0 aromatic carbocycles. The number of ether oxygens (including phenoxy) is 1. The Bertz CT molecular complexity index is 348. The molecule has 0 aliphatic carbocycles. The van der Waals surface area contributed by atoms with Gasteiger partial charge in [0, 0.05) is 26.7 Å². The molecule has 1 aromatic heterocycles. The van der Waals surface area contributed by atoms with E-state index in [0.717, 1.165) is 18.7 Å². The van der Waals surface area contributed by atoms with Gasteiger partial charge in [-0.05, 0) is 25.4 Å². The lowest BCUT2D eigenvalue weighted by molar-refractivity contribution is 0.198. The third-order valence-corrected chi connectivity index (χ3v) is 3.56. The molecule has 0 aliphatic heterocycles. The van der Waals surface area contributed by atoms with Crippen molar-refractivity contribution in [2.24, 2.45) is 0 Å². The molecule has 0 spiro atoms. The van der Waals surface area contributed by atoms with Crippen molar-refractivity contribution < 1.29 is 9.15 Å². The molecule has 7 heteroatoms. The van der Waals surface area contributed by atoms with Crippen LogP contribution in [0.15, 0.2) is 4.42 Å². The van der Waals surface area contributed by atoms with Gasteiger partial charge in [0.2, 0.25) is 5.89 Å². The van der Waals surface area contributed by atoms with Crippen molar-refractivity contribution in [1.82, 2.24) is 15.5 Å². The van der Waals surface area contributed by atoms with Gasteiger partial charge in [0.25, 0.3) is 0 Å². The monoisotopic (exact) mass is 288 g/mol. The highest BCUT2D eigenvalue weighted by Crippen LogP contribution is 2.15. The van der Waals surface area contributed by atoms with E-state index in [1.54, 1.807) is 7.11 Å². The van der Waals surface area contributed by atoms with Crippen molar-refractivity contribution in [2.75, 3.05) is 44.2 Å². The highest BCUT2D eigenvalue weighted by molar-refractivity contribution is 7.98. The average molecular weight is 288 g/mol. The maximum absolute atomic E-state index is 5.62. The lowest BCUT2D eigenvalue weighted by atomic mass is 10.2. The van der Waals surface area contributed by atoms with E-state index in [1.807, 2.05) is 23.7 Å². The topological polar surface area (TPSA) is 63.4 Å². The van der Waals surface area contributed by atoms with Crippen LogP contribution in [0.4, 0.5) is 6.01 Å². The molecule has 110 valence electrons. The van der Waals surface area contributed by atoms with Crippen LogP contribution < -0.4 is 10.2 Å². The van der Waals surface area contributed by atoms with Gasteiger partial charge in [0.15, 0.2) is 0 Å². The molecule has 19 heavy (non-hydrogen) atoms. The molecule has 0 radical (unpaired) electrons. The number of thioether (sulfide) groups is 1. The van der Waals surface area contributed by atoms with E-state index in [0.29, 0.717) is 31.1 Å². The molecular weight excluding hydrogens is 264 g/mol. The molecule has 1 rings (SSSR count). The van der Waals surface area contributed by atoms with Crippen LogP contribution >= 0.6 is 11.8 Å². The van der Waals surface area contributed by atoms with Crippen LogP contribution in [0, 0.1) is 0 Å². The van der Waals surface area contributed by atoms with E-state index >= 15 is 0 Å². The number of hydrogen-bond donors (Lipinski definition) is 1.